The normalized spacial score (nSPS) is 12.1. The molecule has 0 aliphatic carbocycles. The van der Waals surface area contributed by atoms with E-state index in [1.807, 2.05) is 38.2 Å². The molecule has 106 valence electrons. The van der Waals surface area contributed by atoms with Crippen LogP contribution in [-0.2, 0) is 4.79 Å². The van der Waals surface area contributed by atoms with Crippen LogP contribution in [0.15, 0.2) is 35.1 Å². The first kappa shape index (κ1) is 14.1. The minimum absolute atomic E-state index is 0.0258. The van der Waals surface area contributed by atoms with Crippen LogP contribution >= 0.6 is 0 Å². The van der Waals surface area contributed by atoms with E-state index < -0.39 is 0 Å². The first-order chi connectivity index (χ1) is 9.60. The zero-order valence-electron chi connectivity index (χ0n) is 11.5. The highest BCUT2D eigenvalue weighted by Gasteiger charge is 2.11. The lowest BCUT2D eigenvalue weighted by molar-refractivity contribution is -0.119. The molecule has 0 spiro atoms. The van der Waals surface area contributed by atoms with Crippen LogP contribution < -0.4 is 16.2 Å². The second-order valence-electron chi connectivity index (χ2n) is 4.70. The third-order valence-electron chi connectivity index (χ3n) is 3.02. The van der Waals surface area contributed by atoms with Crippen LogP contribution in [0.25, 0.3) is 11.3 Å². The van der Waals surface area contributed by atoms with E-state index in [2.05, 4.69) is 20.8 Å². The van der Waals surface area contributed by atoms with Gasteiger partial charge in [0.1, 0.15) is 0 Å². The number of anilines is 1. The van der Waals surface area contributed by atoms with E-state index in [1.54, 1.807) is 0 Å². The molecule has 1 unspecified atom stereocenters. The zero-order chi connectivity index (χ0) is 14.5. The molecule has 6 heteroatoms. The topological polar surface area (TPSA) is 89.8 Å². The molecule has 0 saturated carbocycles. The summed E-state index contributed by atoms with van der Waals surface area (Å²) in [6, 6.07) is 8.80. The van der Waals surface area contributed by atoms with Crippen molar-refractivity contribution in [3.05, 3.63) is 40.7 Å². The van der Waals surface area contributed by atoms with Crippen molar-refractivity contribution in [2.45, 2.75) is 6.92 Å². The predicted molar refractivity (Wildman–Crippen MR) is 78.6 cm³/mol. The van der Waals surface area contributed by atoms with E-state index in [-0.39, 0.29) is 17.4 Å². The van der Waals surface area contributed by atoms with E-state index in [4.69, 9.17) is 0 Å². The largest absolute Gasteiger partial charge is 0.326 e. The summed E-state index contributed by atoms with van der Waals surface area (Å²) in [5, 5.41) is 11.1. The molecule has 0 bridgehead atoms. The number of hydrogen-bond donors (Lipinski definition) is 4. The van der Waals surface area contributed by atoms with Gasteiger partial charge in [-0.2, -0.15) is 0 Å². The molecule has 1 heterocycles. The molecule has 1 atom stereocenters. The molecule has 0 aliphatic heterocycles. The Bertz CT molecular complexity index is 627. The van der Waals surface area contributed by atoms with E-state index >= 15 is 0 Å². The molecule has 4 N–H and O–H groups in total. The van der Waals surface area contributed by atoms with E-state index in [1.165, 1.54) is 6.07 Å². The lowest BCUT2D eigenvalue weighted by atomic mass is 10.1. The van der Waals surface area contributed by atoms with Crippen molar-refractivity contribution in [1.29, 1.82) is 0 Å². The van der Waals surface area contributed by atoms with Crippen molar-refractivity contribution in [3.63, 3.8) is 0 Å². The maximum Gasteiger partial charge on any atom is 0.264 e. The van der Waals surface area contributed by atoms with Crippen molar-refractivity contribution in [2.75, 3.05) is 18.9 Å². The lowest BCUT2D eigenvalue weighted by Gasteiger charge is -2.11. The number of aromatic amines is 2. The van der Waals surface area contributed by atoms with Crippen molar-refractivity contribution < 1.29 is 4.79 Å². The quantitative estimate of drug-likeness (QED) is 0.659. The predicted octanol–water partition coefficient (Wildman–Crippen LogP) is 1.16. The molecular weight excluding hydrogens is 256 g/mol. The third kappa shape index (κ3) is 3.36. The van der Waals surface area contributed by atoms with E-state index in [0.29, 0.717) is 6.54 Å². The van der Waals surface area contributed by atoms with Crippen LogP contribution in [0.2, 0.25) is 0 Å². The van der Waals surface area contributed by atoms with Gasteiger partial charge in [0, 0.05) is 24.2 Å². The number of rotatable bonds is 5. The van der Waals surface area contributed by atoms with E-state index in [0.717, 1.165) is 16.9 Å². The summed E-state index contributed by atoms with van der Waals surface area (Å²) < 4.78 is 0. The highest BCUT2D eigenvalue weighted by atomic mass is 16.2. The van der Waals surface area contributed by atoms with Gasteiger partial charge in [-0.15, -0.1) is 0 Å². The van der Waals surface area contributed by atoms with Crippen LogP contribution in [-0.4, -0.2) is 29.7 Å². The van der Waals surface area contributed by atoms with Crippen molar-refractivity contribution in [1.82, 2.24) is 15.5 Å². The molecule has 2 aromatic rings. The van der Waals surface area contributed by atoms with Crippen LogP contribution in [0.3, 0.4) is 0 Å². The zero-order valence-corrected chi connectivity index (χ0v) is 11.5. The highest BCUT2D eigenvalue weighted by molar-refractivity contribution is 5.92. The number of H-pyrrole nitrogens is 2. The Balaban J connectivity index is 2.05. The molecule has 0 fully saturated rings. The number of aromatic nitrogens is 2. The molecule has 1 aromatic heterocycles. The smallest absolute Gasteiger partial charge is 0.264 e. The Morgan fingerprint density at radius 1 is 1.25 bits per heavy atom. The average molecular weight is 274 g/mol. The van der Waals surface area contributed by atoms with Crippen LogP contribution in [0.4, 0.5) is 5.69 Å². The molecule has 1 amide bonds. The van der Waals surface area contributed by atoms with Gasteiger partial charge < -0.3 is 10.6 Å². The fraction of sp³-hybridized carbons (Fsp3) is 0.286. The maximum atomic E-state index is 11.9. The monoisotopic (exact) mass is 274 g/mol. The Kier molecular flexibility index (Phi) is 4.37. The summed E-state index contributed by atoms with van der Waals surface area (Å²) >= 11 is 0. The van der Waals surface area contributed by atoms with Gasteiger partial charge in [-0.05, 0) is 24.7 Å². The summed E-state index contributed by atoms with van der Waals surface area (Å²) in [6.45, 7) is 2.50. The lowest BCUT2D eigenvalue weighted by Crippen LogP contribution is -2.28. The molecule has 0 radical (unpaired) electrons. The second kappa shape index (κ2) is 6.21. The molecule has 6 nitrogen and oxygen atoms in total. The fourth-order valence-corrected chi connectivity index (χ4v) is 1.89. The highest BCUT2D eigenvalue weighted by Crippen LogP contribution is 2.18. The fourth-order valence-electron chi connectivity index (χ4n) is 1.89. The SMILES string of the molecule is CNCC(C)C(=O)Nc1ccc(-c2cc(=O)[nH][nH]2)cc1. The standard InChI is InChI=1S/C14H18N4O2/c1-9(8-15-2)14(20)16-11-5-3-10(4-6-11)12-7-13(19)18-17-12/h3-7,9,15H,8H2,1-2H3,(H,16,20)(H2,17,18,19). The third-order valence-corrected chi connectivity index (χ3v) is 3.02. The Labute approximate surface area is 116 Å². The van der Waals surface area contributed by atoms with Crippen molar-refractivity contribution in [2.24, 2.45) is 5.92 Å². The minimum Gasteiger partial charge on any atom is -0.326 e. The number of hydrogen-bond acceptors (Lipinski definition) is 3. The van der Waals surface area contributed by atoms with Gasteiger partial charge in [-0.3, -0.25) is 19.8 Å². The van der Waals surface area contributed by atoms with Gasteiger partial charge in [0.25, 0.3) is 5.56 Å². The summed E-state index contributed by atoms with van der Waals surface area (Å²) in [4.78, 5) is 22.9. The van der Waals surface area contributed by atoms with Gasteiger partial charge in [-0.1, -0.05) is 19.1 Å². The molecule has 0 saturated heterocycles. The molecule has 1 aromatic carbocycles. The molecule has 2 rings (SSSR count). The Morgan fingerprint density at radius 3 is 2.50 bits per heavy atom. The molecule has 20 heavy (non-hydrogen) atoms. The van der Waals surface area contributed by atoms with E-state index in [9.17, 15) is 9.59 Å². The number of amides is 1. The first-order valence-electron chi connectivity index (χ1n) is 6.43. The van der Waals surface area contributed by atoms with Gasteiger partial charge >= 0.3 is 0 Å². The number of carbonyl (C=O) groups is 1. The number of nitrogens with one attached hydrogen (secondary N) is 4. The number of benzene rings is 1. The van der Waals surface area contributed by atoms with Crippen molar-refractivity contribution in [3.8, 4) is 11.3 Å². The minimum atomic E-state index is -0.168. The summed E-state index contributed by atoms with van der Waals surface area (Å²) in [5.41, 5.74) is 2.17. The molecular formula is C14H18N4O2. The summed E-state index contributed by atoms with van der Waals surface area (Å²) in [5.74, 6) is -0.122. The number of carbonyl (C=O) groups excluding carboxylic acids is 1. The van der Waals surface area contributed by atoms with Gasteiger partial charge in [0.2, 0.25) is 5.91 Å². The first-order valence-corrected chi connectivity index (χ1v) is 6.43. The Morgan fingerprint density at radius 2 is 1.95 bits per heavy atom. The second-order valence-corrected chi connectivity index (χ2v) is 4.70. The van der Waals surface area contributed by atoms with Gasteiger partial charge in [0.05, 0.1) is 5.69 Å². The van der Waals surface area contributed by atoms with Crippen LogP contribution in [0, 0.1) is 5.92 Å². The average Bonchev–Trinajstić information content (AvgIpc) is 2.86. The Hall–Kier alpha value is -2.34. The van der Waals surface area contributed by atoms with Gasteiger partial charge in [0.15, 0.2) is 0 Å². The van der Waals surface area contributed by atoms with Crippen LogP contribution in [0.1, 0.15) is 6.92 Å². The maximum absolute atomic E-state index is 11.9. The summed E-state index contributed by atoms with van der Waals surface area (Å²) in [6.07, 6.45) is 0. The summed E-state index contributed by atoms with van der Waals surface area (Å²) in [7, 11) is 1.82. The van der Waals surface area contributed by atoms with Crippen molar-refractivity contribution >= 4 is 11.6 Å². The van der Waals surface area contributed by atoms with Gasteiger partial charge in [-0.25, -0.2) is 0 Å². The molecule has 0 aliphatic rings. The van der Waals surface area contributed by atoms with Crippen LogP contribution in [0.5, 0.6) is 0 Å².